The van der Waals surface area contributed by atoms with Gasteiger partial charge in [-0.2, -0.15) is 0 Å². The van der Waals surface area contributed by atoms with E-state index in [1.54, 1.807) is 0 Å². The first-order chi connectivity index (χ1) is 9.72. The lowest BCUT2D eigenvalue weighted by Crippen LogP contribution is -2.45. The Balaban J connectivity index is 1.49. The molecule has 2 aliphatic rings. The summed E-state index contributed by atoms with van der Waals surface area (Å²) >= 11 is 5.95. The Kier molecular flexibility index (Phi) is 4.16. The van der Waals surface area contributed by atoms with E-state index in [1.165, 1.54) is 6.42 Å². The van der Waals surface area contributed by atoms with E-state index >= 15 is 0 Å². The summed E-state index contributed by atoms with van der Waals surface area (Å²) in [5, 5.41) is 0.695. The van der Waals surface area contributed by atoms with Gasteiger partial charge in [0.2, 0.25) is 5.91 Å². The van der Waals surface area contributed by atoms with Gasteiger partial charge in [0.1, 0.15) is 11.9 Å². The highest BCUT2D eigenvalue weighted by molar-refractivity contribution is 6.30. The summed E-state index contributed by atoms with van der Waals surface area (Å²) < 4.78 is 5.94. The zero-order valence-electron chi connectivity index (χ0n) is 11.6. The van der Waals surface area contributed by atoms with Gasteiger partial charge in [0.05, 0.1) is 0 Å². The summed E-state index contributed by atoms with van der Waals surface area (Å²) in [4.78, 5) is 14.2. The van der Waals surface area contributed by atoms with Crippen molar-refractivity contribution >= 4 is 17.5 Å². The second kappa shape index (κ2) is 6.04. The summed E-state index contributed by atoms with van der Waals surface area (Å²) in [6, 6.07) is 7.51. The van der Waals surface area contributed by atoms with Gasteiger partial charge in [-0.3, -0.25) is 4.79 Å². The second-order valence-corrected chi connectivity index (χ2v) is 6.16. The number of likely N-dealkylation sites (tertiary alicyclic amines) is 1. The molecule has 1 aliphatic carbocycles. The number of hydrogen-bond acceptors (Lipinski definition) is 2. The summed E-state index contributed by atoms with van der Waals surface area (Å²) in [5.41, 5.74) is 0. The van der Waals surface area contributed by atoms with Crippen LogP contribution in [-0.4, -0.2) is 30.0 Å². The molecule has 1 amide bonds. The van der Waals surface area contributed by atoms with Crippen molar-refractivity contribution in [2.75, 3.05) is 13.1 Å². The first-order valence-electron chi connectivity index (χ1n) is 7.43. The van der Waals surface area contributed by atoms with Gasteiger partial charge in [0, 0.05) is 36.9 Å². The highest BCUT2D eigenvalue weighted by Crippen LogP contribution is 2.30. The molecule has 0 radical (unpaired) electrons. The van der Waals surface area contributed by atoms with Gasteiger partial charge in [-0.25, -0.2) is 0 Å². The van der Waals surface area contributed by atoms with E-state index in [4.69, 9.17) is 16.3 Å². The number of hydrogen-bond donors (Lipinski definition) is 0. The lowest BCUT2D eigenvalue weighted by molar-refractivity contribution is -0.140. The number of amides is 1. The van der Waals surface area contributed by atoms with E-state index < -0.39 is 0 Å². The number of benzene rings is 1. The monoisotopic (exact) mass is 293 g/mol. The molecule has 0 atom stereocenters. The van der Waals surface area contributed by atoms with Crippen LogP contribution in [0, 0.1) is 5.92 Å². The van der Waals surface area contributed by atoms with Crippen molar-refractivity contribution in [1.82, 2.24) is 4.90 Å². The van der Waals surface area contributed by atoms with E-state index in [2.05, 4.69) is 0 Å². The Hall–Kier alpha value is -1.22. The average molecular weight is 294 g/mol. The van der Waals surface area contributed by atoms with Gasteiger partial charge >= 0.3 is 0 Å². The molecular weight excluding hydrogens is 274 g/mol. The molecule has 1 saturated heterocycles. The van der Waals surface area contributed by atoms with E-state index in [0.29, 0.717) is 16.8 Å². The molecule has 108 valence electrons. The van der Waals surface area contributed by atoms with Crippen molar-refractivity contribution in [2.45, 2.75) is 38.2 Å². The molecule has 3 rings (SSSR count). The van der Waals surface area contributed by atoms with Crippen molar-refractivity contribution in [3.05, 3.63) is 29.3 Å². The minimum absolute atomic E-state index is 0.193. The number of rotatable bonds is 3. The molecule has 0 bridgehead atoms. The molecule has 2 fully saturated rings. The van der Waals surface area contributed by atoms with Crippen molar-refractivity contribution in [3.8, 4) is 5.75 Å². The van der Waals surface area contributed by atoms with E-state index in [0.717, 1.165) is 44.5 Å². The number of nitrogens with zero attached hydrogens (tertiary/aromatic N) is 1. The van der Waals surface area contributed by atoms with Crippen molar-refractivity contribution in [3.63, 3.8) is 0 Å². The maximum atomic E-state index is 12.2. The molecule has 20 heavy (non-hydrogen) atoms. The van der Waals surface area contributed by atoms with Crippen molar-refractivity contribution in [1.29, 1.82) is 0 Å². The minimum Gasteiger partial charge on any atom is -0.490 e. The predicted octanol–water partition coefficient (Wildman–Crippen LogP) is 3.51. The van der Waals surface area contributed by atoms with E-state index in [9.17, 15) is 4.79 Å². The van der Waals surface area contributed by atoms with Crippen LogP contribution in [0.2, 0.25) is 5.02 Å². The quantitative estimate of drug-likeness (QED) is 0.853. The number of piperidine rings is 1. The molecule has 1 saturated carbocycles. The Morgan fingerprint density at radius 1 is 1.20 bits per heavy atom. The Labute approximate surface area is 124 Å². The molecule has 1 aliphatic heterocycles. The van der Waals surface area contributed by atoms with Gasteiger partial charge in [-0.15, -0.1) is 0 Å². The van der Waals surface area contributed by atoms with Gasteiger partial charge in [-0.05, 0) is 31.0 Å². The van der Waals surface area contributed by atoms with E-state index in [1.807, 2.05) is 29.2 Å². The molecular formula is C16H20ClNO2. The lowest BCUT2D eigenvalue weighted by atomic mass is 9.84. The largest absolute Gasteiger partial charge is 0.490 e. The highest BCUT2D eigenvalue weighted by Gasteiger charge is 2.31. The SMILES string of the molecule is O=C(C1CCC1)N1CCC(Oc2cccc(Cl)c2)CC1. The van der Waals surface area contributed by atoms with Gasteiger partial charge in [0.15, 0.2) is 0 Å². The van der Waals surface area contributed by atoms with Crippen LogP contribution in [0.4, 0.5) is 0 Å². The summed E-state index contributed by atoms with van der Waals surface area (Å²) in [6.45, 7) is 1.64. The molecule has 0 N–H and O–H groups in total. The maximum Gasteiger partial charge on any atom is 0.225 e. The molecule has 4 heteroatoms. The average Bonchev–Trinajstić information content (AvgIpc) is 2.37. The third-order valence-corrected chi connectivity index (χ3v) is 4.54. The fourth-order valence-electron chi connectivity index (χ4n) is 2.84. The standard InChI is InChI=1S/C16H20ClNO2/c17-13-5-2-6-15(11-13)20-14-7-9-18(10-8-14)16(19)12-3-1-4-12/h2,5-6,11-12,14H,1,3-4,7-10H2. The topological polar surface area (TPSA) is 29.5 Å². The third-order valence-electron chi connectivity index (χ3n) is 4.31. The zero-order valence-corrected chi connectivity index (χ0v) is 12.3. The Bertz CT molecular complexity index is 479. The van der Waals surface area contributed by atoms with Crippen LogP contribution in [0.15, 0.2) is 24.3 Å². The maximum absolute atomic E-state index is 12.2. The Morgan fingerprint density at radius 3 is 2.55 bits per heavy atom. The first-order valence-corrected chi connectivity index (χ1v) is 7.81. The molecule has 1 aromatic carbocycles. The van der Waals surface area contributed by atoms with Crippen LogP contribution in [0.25, 0.3) is 0 Å². The highest BCUT2D eigenvalue weighted by atomic mass is 35.5. The Morgan fingerprint density at radius 2 is 1.95 bits per heavy atom. The van der Waals surface area contributed by atoms with Gasteiger partial charge in [0.25, 0.3) is 0 Å². The molecule has 3 nitrogen and oxygen atoms in total. The number of carbonyl (C=O) groups excluding carboxylic acids is 1. The molecule has 1 aromatic rings. The first kappa shape index (κ1) is 13.7. The van der Waals surface area contributed by atoms with Crippen LogP contribution < -0.4 is 4.74 Å². The van der Waals surface area contributed by atoms with Crippen LogP contribution >= 0.6 is 11.6 Å². The summed E-state index contributed by atoms with van der Waals surface area (Å²) in [7, 11) is 0. The molecule has 0 aromatic heterocycles. The van der Waals surface area contributed by atoms with Gasteiger partial charge in [-0.1, -0.05) is 24.1 Å². The molecule has 0 spiro atoms. The van der Waals surface area contributed by atoms with Gasteiger partial charge < -0.3 is 9.64 Å². The van der Waals surface area contributed by atoms with E-state index in [-0.39, 0.29) is 6.10 Å². The normalized spacial score (nSPS) is 20.6. The van der Waals surface area contributed by atoms with Crippen molar-refractivity contribution < 1.29 is 9.53 Å². The van der Waals surface area contributed by atoms with Crippen LogP contribution in [0.5, 0.6) is 5.75 Å². The number of ether oxygens (including phenoxy) is 1. The van der Waals surface area contributed by atoms with Crippen LogP contribution in [-0.2, 0) is 4.79 Å². The van der Waals surface area contributed by atoms with Crippen molar-refractivity contribution in [2.24, 2.45) is 5.92 Å². The fraction of sp³-hybridized carbons (Fsp3) is 0.562. The third kappa shape index (κ3) is 3.09. The van der Waals surface area contributed by atoms with Crippen LogP contribution in [0.1, 0.15) is 32.1 Å². The van der Waals surface area contributed by atoms with Crippen LogP contribution in [0.3, 0.4) is 0 Å². The molecule has 1 heterocycles. The second-order valence-electron chi connectivity index (χ2n) is 5.73. The number of halogens is 1. The predicted molar refractivity (Wildman–Crippen MR) is 79.0 cm³/mol. The fourth-order valence-corrected chi connectivity index (χ4v) is 3.02. The lowest BCUT2D eigenvalue weighted by Gasteiger charge is -2.36. The molecule has 0 unspecified atom stereocenters. The number of carbonyl (C=O) groups is 1. The smallest absolute Gasteiger partial charge is 0.225 e. The zero-order chi connectivity index (χ0) is 13.9. The summed E-state index contributed by atoms with van der Waals surface area (Å²) in [5.74, 6) is 1.49. The minimum atomic E-state index is 0.193. The summed E-state index contributed by atoms with van der Waals surface area (Å²) in [6.07, 6.45) is 5.38.